The van der Waals surface area contributed by atoms with Crippen LogP contribution in [-0.2, 0) is 4.79 Å². The number of rotatable bonds is 4. The number of hydrogen-bond acceptors (Lipinski definition) is 6. The van der Waals surface area contributed by atoms with Crippen molar-refractivity contribution in [2.75, 3.05) is 24.5 Å². The maximum absolute atomic E-state index is 13.5. The molecule has 0 radical (unpaired) electrons. The van der Waals surface area contributed by atoms with Crippen LogP contribution in [0.15, 0.2) is 34.1 Å². The molecule has 2 aliphatic rings. The Labute approximate surface area is 192 Å². The number of pyridine rings is 1. The number of carbonyl (C=O) groups excluding carboxylic acids is 1. The van der Waals surface area contributed by atoms with E-state index in [2.05, 4.69) is 32.6 Å². The molecular formula is C23H28N4O2S2. The number of aromatic nitrogens is 2. The lowest BCUT2D eigenvalue weighted by atomic mass is 9.91. The number of anilines is 1. The molecule has 2 aromatic rings. The monoisotopic (exact) mass is 456 g/mol. The van der Waals surface area contributed by atoms with Crippen LogP contribution < -0.4 is 10.5 Å². The number of amides is 1. The van der Waals surface area contributed by atoms with E-state index in [1.807, 2.05) is 18.2 Å². The summed E-state index contributed by atoms with van der Waals surface area (Å²) in [4.78, 5) is 35.7. The van der Waals surface area contributed by atoms with E-state index in [0.717, 1.165) is 19.5 Å². The number of carbonyl (C=O) groups is 1. The highest BCUT2D eigenvalue weighted by Crippen LogP contribution is 2.35. The third-order valence-corrected chi connectivity index (χ3v) is 6.99. The van der Waals surface area contributed by atoms with Gasteiger partial charge in [-0.1, -0.05) is 57.7 Å². The Hall–Kier alpha value is -2.19. The molecule has 2 aromatic heterocycles. The van der Waals surface area contributed by atoms with Crippen LogP contribution >= 0.6 is 24.0 Å². The van der Waals surface area contributed by atoms with Crippen molar-refractivity contribution in [2.24, 2.45) is 17.8 Å². The number of nitrogens with zero attached hydrogens (tertiary/aromatic N) is 4. The molecule has 0 aromatic carbocycles. The van der Waals surface area contributed by atoms with Crippen LogP contribution in [0.3, 0.4) is 0 Å². The Kier molecular flexibility index (Phi) is 6.21. The molecule has 4 heterocycles. The average molecular weight is 457 g/mol. The Balaban J connectivity index is 1.84. The van der Waals surface area contributed by atoms with Gasteiger partial charge in [0.1, 0.15) is 15.8 Å². The summed E-state index contributed by atoms with van der Waals surface area (Å²) in [6.45, 7) is 10.8. The van der Waals surface area contributed by atoms with Gasteiger partial charge in [0, 0.05) is 25.8 Å². The van der Waals surface area contributed by atoms with Crippen LogP contribution in [0, 0.1) is 17.8 Å². The van der Waals surface area contributed by atoms with Crippen LogP contribution in [0.2, 0.25) is 0 Å². The van der Waals surface area contributed by atoms with Crippen LogP contribution in [-0.4, -0.2) is 44.1 Å². The Morgan fingerprint density at radius 3 is 2.61 bits per heavy atom. The van der Waals surface area contributed by atoms with Gasteiger partial charge in [-0.3, -0.25) is 18.9 Å². The third-order valence-electron chi connectivity index (χ3n) is 5.61. The summed E-state index contributed by atoms with van der Waals surface area (Å²) in [7, 11) is 0. The summed E-state index contributed by atoms with van der Waals surface area (Å²) in [6.07, 6.45) is 4.58. The molecule has 31 heavy (non-hydrogen) atoms. The van der Waals surface area contributed by atoms with Crippen molar-refractivity contribution in [2.45, 2.75) is 34.1 Å². The van der Waals surface area contributed by atoms with Crippen molar-refractivity contribution in [1.82, 2.24) is 14.3 Å². The number of thiocarbonyl (C=S) groups is 1. The van der Waals surface area contributed by atoms with Crippen LogP contribution in [0.25, 0.3) is 11.7 Å². The van der Waals surface area contributed by atoms with E-state index in [1.54, 1.807) is 21.6 Å². The van der Waals surface area contributed by atoms with E-state index in [9.17, 15) is 9.59 Å². The molecule has 6 nitrogen and oxygen atoms in total. The molecule has 0 saturated carbocycles. The standard InChI is InChI=1S/C23H28N4O2S2/c1-14(2)11-27-22(29)18(31-23(27)30)10-17-20(25-12-15(3)9-16(4)13-25)24-19-7-5-6-8-26(19)21(17)28/h5-8,10,14-16H,9,11-13H2,1-4H3/b18-10-/t15-,16+. The molecule has 2 atom stereocenters. The zero-order valence-electron chi connectivity index (χ0n) is 18.4. The van der Waals surface area contributed by atoms with Crippen LogP contribution in [0.1, 0.15) is 39.7 Å². The van der Waals surface area contributed by atoms with Gasteiger partial charge in [0.25, 0.3) is 11.5 Å². The first-order chi connectivity index (χ1) is 14.7. The topological polar surface area (TPSA) is 57.9 Å². The second-order valence-corrected chi connectivity index (χ2v) is 10.8. The van der Waals surface area contributed by atoms with Gasteiger partial charge in [-0.2, -0.15) is 0 Å². The van der Waals surface area contributed by atoms with E-state index < -0.39 is 0 Å². The predicted molar refractivity (Wildman–Crippen MR) is 131 cm³/mol. The highest BCUT2D eigenvalue weighted by atomic mass is 32.2. The summed E-state index contributed by atoms with van der Waals surface area (Å²) < 4.78 is 2.08. The van der Waals surface area contributed by atoms with Gasteiger partial charge >= 0.3 is 0 Å². The van der Waals surface area contributed by atoms with Gasteiger partial charge in [-0.25, -0.2) is 4.98 Å². The predicted octanol–water partition coefficient (Wildman–Crippen LogP) is 4.03. The molecule has 4 rings (SSSR count). The fourth-order valence-corrected chi connectivity index (χ4v) is 5.70. The smallest absolute Gasteiger partial charge is 0.267 e. The van der Waals surface area contributed by atoms with Crippen molar-refractivity contribution in [3.8, 4) is 0 Å². The van der Waals surface area contributed by atoms with Crippen molar-refractivity contribution in [3.63, 3.8) is 0 Å². The summed E-state index contributed by atoms with van der Waals surface area (Å²) in [6, 6.07) is 5.53. The molecule has 2 fully saturated rings. The van der Waals surface area contributed by atoms with Gasteiger partial charge in [-0.15, -0.1) is 0 Å². The van der Waals surface area contributed by atoms with E-state index in [-0.39, 0.29) is 11.5 Å². The maximum atomic E-state index is 13.5. The first-order valence-electron chi connectivity index (χ1n) is 10.8. The van der Waals surface area contributed by atoms with Crippen LogP contribution in [0.5, 0.6) is 0 Å². The molecule has 8 heteroatoms. The SMILES string of the molecule is CC(C)CN1C(=O)/C(=C/c2c(N3C[C@H](C)C[C@H](C)C3)nc3ccccn3c2=O)SC1=S. The Morgan fingerprint density at radius 1 is 1.23 bits per heavy atom. The number of hydrogen-bond donors (Lipinski definition) is 0. The van der Waals surface area contributed by atoms with Gasteiger partial charge < -0.3 is 4.90 Å². The molecule has 0 N–H and O–H groups in total. The first kappa shape index (κ1) is 22.0. The normalized spacial score (nSPS) is 23.6. The second kappa shape index (κ2) is 8.74. The highest BCUT2D eigenvalue weighted by Gasteiger charge is 2.33. The minimum Gasteiger partial charge on any atom is -0.355 e. The van der Waals surface area contributed by atoms with Gasteiger partial charge in [0.15, 0.2) is 0 Å². The highest BCUT2D eigenvalue weighted by molar-refractivity contribution is 8.26. The van der Waals surface area contributed by atoms with Crippen molar-refractivity contribution in [1.29, 1.82) is 0 Å². The molecule has 0 spiro atoms. The van der Waals surface area contributed by atoms with Crippen molar-refractivity contribution in [3.05, 3.63) is 45.2 Å². The summed E-state index contributed by atoms with van der Waals surface area (Å²) >= 11 is 6.71. The van der Waals surface area contributed by atoms with Crippen molar-refractivity contribution >= 4 is 51.7 Å². The zero-order valence-corrected chi connectivity index (χ0v) is 20.0. The third kappa shape index (κ3) is 4.41. The molecule has 164 valence electrons. The van der Waals surface area contributed by atoms with Gasteiger partial charge in [0.2, 0.25) is 0 Å². The lowest BCUT2D eigenvalue weighted by Gasteiger charge is -2.36. The maximum Gasteiger partial charge on any atom is 0.267 e. The average Bonchev–Trinajstić information content (AvgIpc) is 2.96. The van der Waals surface area contributed by atoms with Crippen LogP contribution in [0.4, 0.5) is 5.82 Å². The van der Waals surface area contributed by atoms with Crippen molar-refractivity contribution < 1.29 is 4.79 Å². The van der Waals surface area contributed by atoms with Gasteiger partial charge in [0.05, 0.1) is 10.5 Å². The van der Waals surface area contributed by atoms with E-state index >= 15 is 0 Å². The van der Waals surface area contributed by atoms with E-state index in [1.165, 1.54) is 11.8 Å². The molecule has 0 aliphatic carbocycles. The fourth-order valence-electron chi connectivity index (χ4n) is 4.45. The largest absolute Gasteiger partial charge is 0.355 e. The van der Waals surface area contributed by atoms with Gasteiger partial charge in [-0.05, 0) is 42.4 Å². The van der Waals surface area contributed by atoms with E-state index in [0.29, 0.717) is 50.6 Å². The number of fused-ring (bicyclic) bond motifs is 1. The first-order valence-corrected chi connectivity index (χ1v) is 12.0. The second-order valence-electron chi connectivity index (χ2n) is 9.12. The summed E-state index contributed by atoms with van der Waals surface area (Å²) in [5.74, 6) is 1.85. The molecule has 0 bridgehead atoms. The lowest BCUT2D eigenvalue weighted by molar-refractivity contribution is -0.122. The minimum atomic E-state index is -0.166. The molecule has 2 aliphatic heterocycles. The number of thioether (sulfide) groups is 1. The van der Waals surface area contributed by atoms with E-state index in [4.69, 9.17) is 17.2 Å². The molecular weight excluding hydrogens is 428 g/mol. The summed E-state index contributed by atoms with van der Waals surface area (Å²) in [5, 5.41) is 0. The fraction of sp³-hybridized carbons (Fsp3) is 0.478. The number of piperidine rings is 1. The zero-order chi connectivity index (χ0) is 22.3. The minimum absolute atomic E-state index is 0.132. The summed E-state index contributed by atoms with van der Waals surface area (Å²) in [5.41, 5.74) is 0.897. The Morgan fingerprint density at radius 2 is 1.94 bits per heavy atom. The molecule has 1 amide bonds. The quantitative estimate of drug-likeness (QED) is 0.511. The molecule has 0 unspecified atom stereocenters. The molecule has 2 saturated heterocycles. The Bertz CT molecular complexity index is 1110. The lowest BCUT2D eigenvalue weighted by Crippen LogP contribution is -2.40.